The molecule has 3 N–H and O–H groups in total. The van der Waals surface area contributed by atoms with Gasteiger partial charge in [0.1, 0.15) is 5.75 Å². The van der Waals surface area contributed by atoms with Crippen molar-refractivity contribution in [2.45, 2.75) is 38.8 Å². The van der Waals surface area contributed by atoms with Crippen molar-refractivity contribution in [2.24, 2.45) is 11.7 Å². The highest BCUT2D eigenvalue weighted by atomic mass is 35.5. The lowest BCUT2D eigenvalue weighted by atomic mass is 9.96. The lowest BCUT2D eigenvalue weighted by Gasteiger charge is -2.20. The summed E-state index contributed by atoms with van der Waals surface area (Å²) >= 11 is 5.96. The maximum Gasteiger partial charge on any atom is 0.137 e. The zero-order valence-electron chi connectivity index (χ0n) is 11.6. The Hall–Kier alpha value is -0.480. The van der Waals surface area contributed by atoms with E-state index in [0.29, 0.717) is 23.1 Å². The van der Waals surface area contributed by atoms with E-state index in [9.17, 15) is 5.11 Å². The van der Waals surface area contributed by atoms with Crippen molar-refractivity contribution in [1.29, 1.82) is 0 Å². The molecule has 0 saturated carbocycles. The van der Waals surface area contributed by atoms with Crippen LogP contribution in [0.1, 0.15) is 38.3 Å². The van der Waals surface area contributed by atoms with E-state index in [-0.39, 0.29) is 12.4 Å². The van der Waals surface area contributed by atoms with Crippen LogP contribution in [-0.4, -0.2) is 18.3 Å². The number of methoxy groups -OCH3 is 1. The predicted octanol–water partition coefficient (Wildman–Crippen LogP) is 3.57. The molecule has 0 spiro atoms. The van der Waals surface area contributed by atoms with E-state index < -0.39 is 12.1 Å². The summed E-state index contributed by atoms with van der Waals surface area (Å²) in [4.78, 5) is 0. The van der Waals surface area contributed by atoms with Gasteiger partial charge in [-0.25, -0.2) is 0 Å². The molecule has 0 aliphatic carbocycles. The normalized spacial score (nSPS) is 13.8. The van der Waals surface area contributed by atoms with Crippen LogP contribution in [0, 0.1) is 5.92 Å². The molecule has 5 heteroatoms. The van der Waals surface area contributed by atoms with E-state index in [0.717, 1.165) is 12.0 Å². The SMILES string of the molecule is COc1cc([C@@H](N)[C@@H](O)CCC(C)C)ccc1Cl.Cl. The van der Waals surface area contributed by atoms with Gasteiger partial charge in [-0.1, -0.05) is 31.5 Å². The fourth-order valence-electron chi connectivity index (χ4n) is 1.79. The minimum Gasteiger partial charge on any atom is -0.495 e. The van der Waals surface area contributed by atoms with Crippen LogP contribution in [-0.2, 0) is 0 Å². The number of nitrogens with two attached hydrogens (primary N) is 1. The summed E-state index contributed by atoms with van der Waals surface area (Å²) in [5, 5.41) is 10.6. The minimum absolute atomic E-state index is 0. The number of benzene rings is 1. The van der Waals surface area contributed by atoms with Crippen LogP contribution in [0.5, 0.6) is 5.75 Å². The standard InChI is InChI=1S/C14H22ClNO2.ClH/c1-9(2)4-7-12(17)14(16)10-5-6-11(15)13(8-10)18-3;/h5-6,8-9,12,14,17H,4,7,16H2,1-3H3;1H/t12-,14+;/m0./s1. The van der Waals surface area contributed by atoms with Crippen LogP contribution >= 0.6 is 24.0 Å². The predicted molar refractivity (Wildman–Crippen MR) is 82.3 cm³/mol. The van der Waals surface area contributed by atoms with Gasteiger partial charge in [0.05, 0.1) is 24.3 Å². The van der Waals surface area contributed by atoms with Gasteiger partial charge in [0.15, 0.2) is 0 Å². The van der Waals surface area contributed by atoms with Crippen molar-refractivity contribution in [3.63, 3.8) is 0 Å². The zero-order chi connectivity index (χ0) is 13.7. The smallest absolute Gasteiger partial charge is 0.137 e. The number of rotatable bonds is 6. The first-order chi connectivity index (χ1) is 8.45. The van der Waals surface area contributed by atoms with Crippen LogP contribution in [0.2, 0.25) is 5.02 Å². The molecule has 0 unspecified atom stereocenters. The van der Waals surface area contributed by atoms with Crippen LogP contribution < -0.4 is 10.5 Å². The molecule has 0 amide bonds. The quantitative estimate of drug-likeness (QED) is 0.844. The number of aliphatic hydroxyl groups is 1. The average molecular weight is 308 g/mol. The second-order valence-electron chi connectivity index (χ2n) is 4.96. The van der Waals surface area contributed by atoms with Crippen LogP contribution in [0.3, 0.4) is 0 Å². The fraction of sp³-hybridized carbons (Fsp3) is 0.571. The third kappa shape index (κ3) is 5.57. The highest BCUT2D eigenvalue weighted by Crippen LogP contribution is 2.29. The minimum atomic E-state index is -0.543. The molecule has 0 bridgehead atoms. The number of hydrogen-bond acceptors (Lipinski definition) is 3. The Kier molecular flexibility index (Phi) is 8.42. The molecule has 0 aliphatic rings. The Morgan fingerprint density at radius 3 is 2.47 bits per heavy atom. The van der Waals surface area contributed by atoms with Crippen LogP contribution in [0.25, 0.3) is 0 Å². The van der Waals surface area contributed by atoms with Crippen LogP contribution in [0.15, 0.2) is 18.2 Å². The molecule has 0 radical (unpaired) electrons. The first-order valence-electron chi connectivity index (χ1n) is 6.22. The summed E-state index contributed by atoms with van der Waals surface area (Å²) in [7, 11) is 1.56. The van der Waals surface area contributed by atoms with Crippen LogP contribution in [0.4, 0.5) is 0 Å². The number of halogens is 2. The molecule has 0 aliphatic heterocycles. The van der Waals surface area contributed by atoms with Gasteiger partial charge in [-0.05, 0) is 36.5 Å². The summed E-state index contributed by atoms with van der Waals surface area (Å²) in [6, 6.07) is 4.94. The van der Waals surface area contributed by atoms with E-state index in [4.69, 9.17) is 22.1 Å². The average Bonchev–Trinajstić information content (AvgIpc) is 2.35. The maximum atomic E-state index is 10.1. The molecule has 110 valence electrons. The monoisotopic (exact) mass is 307 g/mol. The fourth-order valence-corrected chi connectivity index (χ4v) is 1.98. The van der Waals surface area contributed by atoms with Gasteiger partial charge in [0.2, 0.25) is 0 Å². The number of ether oxygens (including phenoxy) is 1. The molecule has 3 nitrogen and oxygen atoms in total. The number of aliphatic hydroxyl groups excluding tert-OH is 1. The second kappa shape index (κ2) is 8.64. The second-order valence-corrected chi connectivity index (χ2v) is 5.37. The van der Waals surface area contributed by atoms with E-state index in [1.165, 1.54) is 0 Å². The summed E-state index contributed by atoms with van der Waals surface area (Å²) in [6.45, 7) is 4.26. The third-order valence-electron chi connectivity index (χ3n) is 3.01. The highest BCUT2D eigenvalue weighted by molar-refractivity contribution is 6.32. The summed E-state index contributed by atoms with van der Waals surface area (Å²) < 4.78 is 5.14. The Labute approximate surface area is 126 Å². The van der Waals surface area contributed by atoms with E-state index in [1.807, 2.05) is 6.07 Å². The maximum absolute atomic E-state index is 10.1. The molecule has 0 fully saturated rings. The van der Waals surface area contributed by atoms with Gasteiger partial charge in [-0.3, -0.25) is 0 Å². The molecule has 0 saturated heterocycles. The molecule has 1 rings (SSSR count). The molecule has 1 aromatic rings. The Morgan fingerprint density at radius 1 is 1.32 bits per heavy atom. The molecular formula is C14H23Cl2NO2. The topological polar surface area (TPSA) is 55.5 Å². The van der Waals surface area contributed by atoms with Crippen molar-refractivity contribution >= 4 is 24.0 Å². The van der Waals surface area contributed by atoms with Gasteiger partial charge in [0.25, 0.3) is 0 Å². The van der Waals surface area contributed by atoms with Crippen molar-refractivity contribution in [1.82, 2.24) is 0 Å². The summed E-state index contributed by atoms with van der Waals surface area (Å²) in [5.41, 5.74) is 6.89. The van der Waals surface area contributed by atoms with Crippen molar-refractivity contribution < 1.29 is 9.84 Å². The van der Waals surface area contributed by atoms with Crippen molar-refractivity contribution in [3.8, 4) is 5.75 Å². The largest absolute Gasteiger partial charge is 0.495 e. The van der Waals surface area contributed by atoms with Gasteiger partial charge < -0.3 is 15.6 Å². The van der Waals surface area contributed by atoms with Gasteiger partial charge in [0, 0.05) is 0 Å². The van der Waals surface area contributed by atoms with Crippen molar-refractivity contribution in [2.75, 3.05) is 7.11 Å². The third-order valence-corrected chi connectivity index (χ3v) is 3.33. The van der Waals surface area contributed by atoms with Gasteiger partial charge in [-0.15, -0.1) is 12.4 Å². The highest BCUT2D eigenvalue weighted by Gasteiger charge is 2.18. The van der Waals surface area contributed by atoms with Gasteiger partial charge in [-0.2, -0.15) is 0 Å². The van der Waals surface area contributed by atoms with Crippen molar-refractivity contribution in [3.05, 3.63) is 28.8 Å². The Balaban J connectivity index is 0.00000324. The molecule has 0 aromatic heterocycles. The lowest BCUT2D eigenvalue weighted by molar-refractivity contribution is 0.128. The molecule has 2 atom stereocenters. The van der Waals surface area contributed by atoms with E-state index >= 15 is 0 Å². The zero-order valence-corrected chi connectivity index (χ0v) is 13.2. The first kappa shape index (κ1) is 18.5. The first-order valence-corrected chi connectivity index (χ1v) is 6.60. The molecule has 1 aromatic carbocycles. The molecular weight excluding hydrogens is 285 g/mol. The summed E-state index contributed by atoms with van der Waals surface area (Å²) in [5.74, 6) is 1.15. The Morgan fingerprint density at radius 2 is 1.95 bits per heavy atom. The van der Waals surface area contributed by atoms with E-state index in [1.54, 1.807) is 19.2 Å². The number of hydrogen-bond donors (Lipinski definition) is 2. The van der Waals surface area contributed by atoms with E-state index in [2.05, 4.69) is 13.8 Å². The van der Waals surface area contributed by atoms with Gasteiger partial charge >= 0.3 is 0 Å². The summed E-state index contributed by atoms with van der Waals surface area (Å²) in [6.07, 6.45) is 1.11. The Bertz CT molecular complexity index is 386. The lowest BCUT2D eigenvalue weighted by Crippen LogP contribution is -2.26. The molecule has 19 heavy (non-hydrogen) atoms. The molecule has 0 heterocycles.